The van der Waals surface area contributed by atoms with Gasteiger partial charge in [-0.25, -0.2) is 13.6 Å². The number of hydrogen-bond acceptors (Lipinski definition) is 2. The van der Waals surface area contributed by atoms with Gasteiger partial charge < -0.3 is 15.3 Å². The third kappa shape index (κ3) is 4.77. The quantitative estimate of drug-likeness (QED) is 0.871. The Morgan fingerprint density at radius 2 is 2.05 bits per heavy atom. The maximum absolute atomic E-state index is 12.4. The average molecular weight is 327 g/mol. The number of nitrogens with zero attached hydrogens (tertiary/aromatic N) is 1. The number of nitrogens with one attached hydrogen (secondary N) is 1. The molecule has 0 aliphatic carbocycles. The van der Waals surface area contributed by atoms with Crippen LogP contribution in [0.5, 0.6) is 0 Å². The van der Waals surface area contributed by atoms with Crippen LogP contribution in [0.25, 0.3) is 0 Å². The minimum absolute atomic E-state index is 0.201. The van der Waals surface area contributed by atoms with Gasteiger partial charge in [-0.3, -0.25) is 0 Å². The largest absolute Gasteiger partial charge is 0.395 e. The molecule has 0 bridgehead atoms. The summed E-state index contributed by atoms with van der Waals surface area (Å²) >= 11 is 11.9. The molecule has 0 aliphatic rings. The fraction of sp³-hybridized carbons (Fsp3) is 0.417. The van der Waals surface area contributed by atoms with Crippen LogP contribution >= 0.6 is 23.2 Å². The van der Waals surface area contributed by atoms with Crippen molar-refractivity contribution in [2.75, 3.05) is 25.0 Å². The Morgan fingerprint density at radius 1 is 1.40 bits per heavy atom. The summed E-state index contributed by atoms with van der Waals surface area (Å²) in [6.07, 6.45) is -2.69. The highest BCUT2D eigenvalue weighted by Gasteiger charge is 2.19. The van der Waals surface area contributed by atoms with E-state index in [0.717, 1.165) is 10.5 Å². The number of alkyl halides is 2. The third-order valence-electron chi connectivity index (χ3n) is 2.51. The number of amides is 2. The maximum Gasteiger partial charge on any atom is 0.322 e. The number of urea groups is 1. The van der Waals surface area contributed by atoms with Gasteiger partial charge in [0.1, 0.15) is 0 Å². The van der Waals surface area contributed by atoms with Gasteiger partial charge in [0.05, 0.1) is 23.9 Å². The molecule has 0 saturated carbocycles. The molecular formula is C12H14Cl2F2N2O2. The highest BCUT2D eigenvalue weighted by atomic mass is 35.5. The number of hydrogen-bond donors (Lipinski definition) is 2. The van der Waals surface area contributed by atoms with E-state index in [0.29, 0.717) is 5.02 Å². The first-order valence-electron chi connectivity index (χ1n) is 5.75. The van der Waals surface area contributed by atoms with E-state index in [1.54, 1.807) is 13.0 Å². The minimum Gasteiger partial charge on any atom is -0.395 e. The normalized spacial score (nSPS) is 10.8. The molecule has 0 atom stereocenters. The predicted octanol–water partition coefficient (Wildman–Crippen LogP) is 3.39. The van der Waals surface area contributed by atoms with Crippen molar-refractivity contribution in [1.82, 2.24) is 4.90 Å². The molecule has 0 saturated heterocycles. The molecule has 4 nitrogen and oxygen atoms in total. The van der Waals surface area contributed by atoms with E-state index in [2.05, 4.69) is 5.32 Å². The zero-order valence-electron chi connectivity index (χ0n) is 10.7. The zero-order chi connectivity index (χ0) is 15.3. The van der Waals surface area contributed by atoms with E-state index in [4.69, 9.17) is 28.3 Å². The Hall–Kier alpha value is -1.11. The van der Waals surface area contributed by atoms with Crippen molar-refractivity contribution in [3.63, 3.8) is 0 Å². The molecule has 2 N–H and O–H groups in total. The van der Waals surface area contributed by atoms with Gasteiger partial charge in [-0.2, -0.15) is 0 Å². The summed E-state index contributed by atoms with van der Waals surface area (Å²) < 4.78 is 24.7. The SMILES string of the molecule is Cc1cc(Cl)c(NC(=O)N(CCO)CC(F)F)cc1Cl. The average Bonchev–Trinajstić information content (AvgIpc) is 2.34. The maximum atomic E-state index is 12.4. The van der Waals surface area contributed by atoms with Crippen LogP contribution in [0.15, 0.2) is 12.1 Å². The summed E-state index contributed by atoms with van der Waals surface area (Å²) in [4.78, 5) is 12.7. The predicted molar refractivity (Wildman–Crippen MR) is 74.9 cm³/mol. The Bertz CT molecular complexity index is 487. The van der Waals surface area contributed by atoms with Crippen LogP contribution in [-0.2, 0) is 0 Å². The van der Waals surface area contributed by atoms with Crippen molar-refractivity contribution >= 4 is 34.9 Å². The summed E-state index contributed by atoms with van der Waals surface area (Å²) in [5.74, 6) is 0. The Kier molecular flexibility index (Phi) is 6.45. The monoisotopic (exact) mass is 326 g/mol. The fourth-order valence-electron chi connectivity index (χ4n) is 1.50. The van der Waals surface area contributed by atoms with Gasteiger partial charge in [-0.15, -0.1) is 0 Å². The molecule has 0 unspecified atom stereocenters. The highest BCUT2D eigenvalue weighted by Crippen LogP contribution is 2.29. The molecule has 1 aromatic rings. The lowest BCUT2D eigenvalue weighted by molar-refractivity contribution is 0.0943. The van der Waals surface area contributed by atoms with Gasteiger partial charge in [0.25, 0.3) is 6.43 Å². The van der Waals surface area contributed by atoms with Crippen LogP contribution in [0.1, 0.15) is 5.56 Å². The molecule has 0 spiro atoms. The van der Waals surface area contributed by atoms with Gasteiger partial charge >= 0.3 is 6.03 Å². The number of aliphatic hydroxyl groups excluding tert-OH is 1. The first kappa shape index (κ1) is 16.9. The second kappa shape index (κ2) is 7.61. The molecule has 0 aliphatic heterocycles. The van der Waals surface area contributed by atoms with E-state index < -0.39 is 25.6 Å². The topological polar surface area (TPSA) is 52.6 Å². The first-order chi connectivity index (χ1) is 9.35. The third-order valence-corrected chi connectivity index (χ3v) is 3.23. The van der Waals surface area contributed by atoms with Crippen molar-refractivity contribution in [2.24, 2.45) is 0 Å². The molecule has 0 fully saturated rings. The van der Waals surface area contributed by atoms with Crippen LogP contribution < -0.4 is 5.32 Å². The number of aryl methyl sites for hydroxylation is 1. The summed E-state index contributed by atoms with van der Waals surface area (Å²) in [5, 5.41) is 11.8. The van der Waals surface area contributed by atoms with Gasteiger partial charge in [0.2, 0.25) is 0 Å². The number of rotatable bonds is 5. The second-order valence-corrected chi connectivity index (χ2v) is 4.89. The Morgan fingerprint density at radius 3 is 2.60 bits per heavy atom. The Balaban J connectivity index is 2.84. The van der Waals surface area contributed by atoms with Crippen LogP contribution in [0, 0.1) is 6.92 Å². The summed E-state index contributed by atoms with van der Waals surface area (Å²) in [6.45, 7) is 0.355. The molecule has 0 aromatic heterocycles. The number of aliphatic hydroxyl groups is 1. The highest BCUT2D eigenvalue weighted by molar-refractivity contribution is 6.36. The standard InChI is InChI=1S/C12H14Cl2F2N2O2/c1-7-4-9(14)10(5-8(7)13)17-12(20)18(2-3-19)6-11(15)16/h4-5,11,19H,2-3,6H2,1H3,(H,17,20). The number of benzene rings is 1. The van der Waals surface area contributed by atoms with E-state index in [1.165, 1.54) is 6.07 Å². The summed E-state index contributed by atoms with van der Waals surface area (Å²) in [6, 6.07) is 2.22. The van der Waals surface area contributed by atoms with Gasteiger partial charge in [0.15, 0.2) is 0 Å². The lowest BCUT2D eigenvalue weighted by atomic mass is 10.2. The van der Waals surface area contributed by atoms with Gasteiger partial charge in [-0.05, 0) is 24.6 Å². The molecule has 20 heavy (non-hydrogen) atoms. The molecule has 0 radical (unpaired) electrons. The number of anilines is 1. The van der Waals surface area contributed by atoms with Crippen molar-refractivity contribution in [3.8, 4) is 0 Å². The van der Waals surface area contributed by atoms with Crippen LogP contribution in [0.4, 0.5) is 19.3 Å². The summed E-state index contributed by atoms with van der Waals surface area (Å²) in [5.41, 5.74) is 0.957. The molecule has 0 heterocycles. The van der Waals surface area contributed by atoms with Gasteiger partial charge in [-0.1, -0.05) is 23.2 Å². The van der Waals surface area contributed by atoms with Crippen molar-refractivity contribution < 1.29 is 18.7 Å². The van der Waals surface area contributed by atoms with Crippen LogP contribution in [0.3, 0.4) is 0 Å². The van der Waals surface area contributed by atoms with E-state index in [1.807, 2.05) is 0 Å². The number of carbonyl (C=O) groups is 1. The van der Waals surface area contributed by atoms with E-state index in [9.17, 15) is 13.6 Å². The van der Waals surface area contributed by atoms with Crippen molar-refractivity contribution in [2.45, 2.75) is 13.3 Å². The summed E-state index contributed by atoms with van der Waals surface area (Å²) in [7, 11) is 0. The van der Waals surface area contributed by atoms with E-state index in [-0.39, 0.29) is 17.3 Å². The smallest absolute Gasteiger partial charge is 0.322 e. The molecule has 1 rings (SSSR count). The van der Waals surface area contributed by atoms with Crippen molar-refractivity contribution in [3.05, 3.63) is 27.7 Å². The number of halogens is 4. The Labute approximate surface area is 125 Å². The second-order valence-electron chi connectivity index (χ2n) is 4.07. The molecule has 2 amide bonds. The molecule has 8 heteroatoms. The first-order valence-corrected chi connectivity index (χ1v) is 6.51. The van der Waals surface area contributed by atoms with E-state index >= 15 is 0 Å². The van der Waals surface area contributed by atoms with Crippen LogP contribution in [-0.4, -0.2) is 42.2 Å². The molecular weight excluding hydrogens is 313 g/mol. The minimum atomic E-state index is -2.69. The lowest BCUT2D eigenvalue weighted by Crippen LogP contribution is -2.40. The molecule has 1 aromatic carbocycles. The molecule has 112 valence electrons. The lowest BCUT2D eigenvalue weighted by Gasteiger charge is -2.22. The fourth-order valence-corrected chi connectivity index (χ4v) is 1.93. The zero-order valence-corrected chi connectivity index (χ0v) is 12.2. The number of carbonyl (C=O) groups excluding carboxylic acids is 1. The van der Waals surface area contributed by atoms with Crippen LogP contribution in [0.2, 0.25) is 10.0 Å². The van der Waals surface area contributed by atoms with Gasteiger partial charge in [0, 0.05) is 11.6 Å². The van der Waals surface area contributed by atoms with Crippen molar-refractivity contribution in [1.29, 1.82) is 0 Å².